The molecule has 1 unspecified atom stereocenters. The molecule has 3 rings (SSSR count). The van der Waals surface area contributed by atoms with E-state index in [-0.39, 0.29) is 30.0 Å². The van der Waals surface area contributed by atoms with Gasteiger partial charge in [0.25, 0.3) is 5.91 Å². The highest BCUT2D eigenvalue weighted by Crippen LogP contribution is 2.31. The number of carbonyl (C=O) groups excluding carboxylic acids is 1. The number of rotatable bonds is 5. The van der Waals surface area contributed by atoms with Crippen molar-refractivity contribution < 1.29 is 9.32 Å². The molecule has 0 radical (unpaired) electrons. The molecule has 1 saturated carbocycles. The fraction of sp³-hybridized carbons (Fsp3) is 0.333. The average Bonchev–Trinajstić information content (AvgIpc) is 3.22. The second-order valence-corrected chi connectivity index (χ2v) is 5.15. The summed E-state index contributed by atoms with van der Waals surface area (Å²) in [5, 5.41) is 6.60. The van der Waals surface area contributed by atoms with Gasteiger partial charge in [-0.1, -0.05) is 35.5 Å². The Hall–Kier alpha value is -1.85. The summed E-state index contributed by atoms with van der Waals surface area (Å²) in [6, 6.07) is 11.2. The van der Waals surface area contributed by atoms with Crippen LogP contribution in [0, 0.1) is 5.92 Å². The van der Waals surface area contributed by atoms with Crippen LogP contribution in [0.3, 0.4) is 0 Å². The van der Waals surface area contributed by atoms with Gasteiger partial charge in [0, 0.05) is 24.2 Å². The van der Waals surface area contributed by atoms with E-state index in [9.17, 15) is 4.79 Å². The van der Waals surface area contributed by atoms with E-state index in [0.29, 0.717) is 18.2 Å². The van der Waals surface area contributed by atoms with Crippen molar-refractivity contribution in [3.63, 3.8) is 0 Å². The van der Waals surface area contributed by atoms with Crippen LogP contribution in [0.2, 0.25) is 0 Å². The third kappa shape index (κ3) is 3.83. The number of nitrogens with one attached hydrogen (secondary N) is 1. The lowest BCUT2D eigenvalue weighted by atomic mass is 10.1. The normalized spacial score (nSPS) is 15.1. The van der Waals surface area contributed by atoms with Crippen molar-refractivity contribution in [2.24, 2.45) is 11.7 Å². The molecule has 2 aromatic rings. The largest absolute Gasteiger partial charge is 0.355 e. The molecule has 21 heavy (non-hydrogen) atoms. The van der Waals surface area contributed by atoms with Gasteiger partial charge in [-0.3, -0.25) is 4.79 Å². The first-order valence-corrected chi connectivity index (χ1v) is 6.80. The summed E-state index contributed by atoms with van der Waals surface area (Å²) in [5.74, 6) is 0.904. The Morgan fingerprint density at radius 2 is 2.10 bits per heavy atom. The number of benzene rings is 1. The molecule has 1 aliphatic rings. The molecule has 5 nitrogen and oxygen atoms in total. The van der Waals surface area contributed by atoms with E-state index < -0.39 is 0 Å². The maximum Gasteiger partial charge on any atom is 0.273 e. The molecule has 1 heterocycles. The standard InChI is InChI=1S/C15H17N3O2.ClH/c16-12(10-6-7-10)9-17-15(19)13-8-14(20-18-13)11-4-2-1-3-5-11;/h1-5,8,10,12H,6-7,9,16H2,(H,17,19);1H. The van der Waals surface area contributed by atoms with Crippen molar-refractivity contribution in [2.75, 3.05) is 6.54 Å². The molecule has 1 fully saturated rings. The van der Waals surface area contributed by atoms with Crippen LogP contribution in [0.25, 0.3) is 11.3 Å². The number of nitrogens with two attached hydrogens (primary N) is 1. The molecule has 1 amide bonds. The zero-order chi connectivity index (χ0) is 13.9. The van der Waals surface area contributed by atoms with Crippen molar-refractivity contribution in [3.8, 4) is 11.3 Å². The van der Waals surface area contributed by atoms with Crippen LogP contribution < -0.4 is 11.1 Å². The lowest BCUT2D eigenvalue weighted by molar-refractivity contribution is 0.0941. The summed E-state index contributed by atoms with van der Waals surface area (Å²) in [4.78, 5) is 11.9. The van der Waals surface area contributed by atoms with Gasteiger partial charge in [0.2, 0.25) is 0 Å². The summed E-state index contributed by atoms with van der Waals surface area (Å²) in [6.45, 7) is 0.483. The molecule has 1 aliphatic carbocycles. The molecule has 0 aliphatic heterocycles. The van der Waals surface area contributed by atoms with E-state index in [4.69, 9.17) is 10.3 Å². The van der Waals surface area contributed by atoms with Crippen LogP contribution in [-0.2, 0) is 0 Å². The van der Waals surface area contributed by atoms with Crippen LogP contribution in [-0.4, -0.2) is 23.7 Å². The predicted octanol–water partition coefficient (Wildman–Crippen LogP) is 2.23. The van der Waals surface area contributed by atoms with Crippen molar-refractivity contribution >= 4 is 18.3 Å². The first-order valence-electron chi connectivity index (χ1n) is 6.80. The molecule has 1 aromatic carbocycles. The third-order valence-corrected chi connectivity index (χ3v) is 3.53. The number of hydrogen-bond donors (Lipinski definition) is 2. The third-order valence-electron chi connectivity index (χ3n) is 3.53. The summed E-state index contributed by atoms with van der Waals surface area (Å²) in [5.41, 5.74) is 7.12. The highest BCUT2D eigenvalue weighted by atomic mass is 35.5. The number of carbonyl (C=O) groups is 1. The predicted molar refractivity (Wildman–Crippen MR) is 82.2 cm³/mol. The van der Waals surface area contributed by atoms with Crippen molar-refractivity contribution in [1.82, 2.24) is 10.5 Å². The van der Waals surface area contributed by atoms with Crippen molar-refractivity contribution in [1.29, 1.82) is 0 Å². The summed E-state index contributed by atoms with van der Waals surface area (Å²) in [6.07, 6.45) is 2.33. The zero-order valence-corrected chi connectivity index (χ0v) is 12.3. The Kier molecular flexibility index (Phi) is 4.98. The number of aromatic nitrogens is 1. The lowest BCUT2D eigenvalue weighted by Gasteiger charge is -2.09. The molecule has 0 bridgehead atoms. The molecule has 0 saturated heterocycles. The minimum absolute atomic E-state index is 0. The van der Waals surface area contributed by atoms with E-state index in [1.807, 2.05) is 30.3 Å². The van der Waals surface area contributed by atoms with Gasteiger partial charge in [-0.2, -0.15) is 0 Å². The molecule has 112 valence electrons. The minimum atomic E-state index is -0.243. The Morgan fingerprint density at radius 3 is 2.76 bits per heavy atom. The van der Waals surface area contributed by atoms with Crippen LogP contribution in [0.1, 0.15) is 23.3 Å². The molecular formula is C15H18ClN3O2. The Balaban J connectivity index is 0.00000161. The summed E-state index contributed by atoms with van der Waals surface area (Å²) < 4.78 is 5.20. The van der Waals surface area contributed by atoms with E-state index in [2.05, 4.69) is 10.5 Å². The first kappa shape index (κ1) is 15.5. The average molecular weight is 308 g/mol. The molecular weight excluding hydrogens is 290 g/mol. The van der Waals surface area contributed by atoms with E-state index in [1.54, 1.807) is 6.07 Å². The van der Waals surface area contributed by atoms with Gasteiger partial charge in [0.1, 0.15) is 0 Å². The number of nitrogens with zero attached hydrogens (tertiary/aromatic N) is 1. The Morgan fingerprint density at radius 1 is 1.38 bits per heavy atom. The van der Waals surface area contributed by atoms with E-state index in [1.165, 1.54) is 12.8 Å². The summed E-state index contributed by atoms with van der Waals surface area (Å²) in [7, 11) is 0. The number of halogens is 1. The fourth-order valence-electron chi connectivity index (χ4n) is 2.11. The SMILES string of the molecule is Cl.NC(CNC(=O)c1cc(-c2ccccc2)on1)C1CC1. The van der Waals surface area contributed by atoms with Gasteiger partial charge < -0.3 is 15.6 Å². The number of hydrogen-bond acceptors (Lipinski definition) is 4. The smallest absolute Gasteiger partial charge is 0.273 e. The van der Waals surface area contributed by atoms with Gasteiger partial charge in [-0.05, 0) is 18.8 Å². The fourth-order valence-corrected chi connectivity index (χ4v) is 2.11. The van der Waals surface area contributed by atoms with Crippen LogP contribution in [0.15, 0.2) is 40.9 Å². The van der Waals surface area contributed by atoms with Gasteiger partial charge >= 0.3 is 0 Å². The van der Waals surface area contributed by atoms with Crippen LogP contribution in [0.5, 0.6) is 0 Å². The molecule has 1 aromatic heterocycles. The maximum absolute atomic E-state index is 11.9. The second kappa shape index (κ2) is 6.74. The van der Waals surface area contributed by atoms with Gasteiger partial charge in [-0.15, -0.1) is 12.4 Å². The van der Waals surface area contributed by atoms with Crippen molar-refractivity contribution in [3.05, 3.63) is 42.1 Å². The Bertz CT molecular complexity index is 596. The highest BCUT2D eigenvalue weighted by molar-refractivity contribution is 5.93. The quantitative estimate of drug-likeness (QED) is 0.887. The molecule has 1 atom stereocenters. The minimum Gasteiger partial charge on any atom is -0.355 e. The van der Waals surface area contributed by atoms with Crippen LogP contribution >= 0.6 is 12.4 Å². The zero-order valence-electron chi connectivity index (χ0n) is 11.5. The monoisotopic (exact) mass is 307 g/mol. The lowest BCUT2D eigenvalue weighted by Crippen LogP contribution is -2.38. The Labute approximate surface area is 129 Å². The molecule has 3 N–H and O–H groups in total. The number of amides is 1. The van der Waals surface area contributed by atoms with E-state index in [0.717, 1.165) is 5.56 Å². The second-order valence-electron chi connectivity index (χ2n) is 5.15. The van der Waals surface area contributed by atoms with Crippen molar-refractivity contribution in [2.45, 2.75) is 18.9 Å². The van der Waals surface area contributed by atoms with E-state index >= 15 is 0 Å². The highest BCUT2D eigenvalue weighted by Gasteiger charge is 2.28. The first-order chi connectivity index (χ1) is 9.74. The topological polar surface area (TPSA) is 81.1 Å². The van der Waals surface area contributed by atoms with Crippen LogP contribution in [0.4, 0.5) is 0 Å². The van der Waals surface area contributed by atoms with Gasteiger partial charge in [-0.25, -0.2) is 0 Å². The maximum atomic E-state index is 11.9. The summed E-state index contributed by atoms with van der Waals surface area (Å²) >= 11 is 0. The molecule has 0 spiro atoms. The van der Waals surface area contributed by atoms with Gasteiger partial charge in [0.15, 0.2) is 11.5 Å². The van der Waals surface area contributed by atoms with Gasteiger partial charge in [0.05, 0.1) is 0 Å². The molecule has 6 heteroatoms.